The molecule has 0 aliphatic rings. The van der Waals surface area contributed by atoms with Gasteiger partial charge in [-0.3, -0.25) is 20.2 Å². The summed E-state index contributed by atoms with van der Waals surface area (Å²) in [5, 5.41) is 15.9. The third kappa shape index (κ3) is 4.27. The summed E-state index contributed by atoms with van der Waals surface area (Å²) in [5.74, 6) is 0.702. The van der Waals surface area contributed by atoms with E-state index in [1.165, 1.54) is 23.5 Å². The molecule has 8 heteroatoms. The molecule has 0 atom stereocenters. The van der Waals surface area contributed by atoms with E-state index in [0.29, 0.717) is 22.0 Å². The van der Waals surface area contributed by atoms with Gasteiger partial charge in [0.25, 0.3) is 11.6 Å². The van der Waals surface area contributed by atoms with Crippen LogP contribution in [0.25, 0.3) is 11.3 Å². The number of benzene rings is 2. The molecule has 1 heterocycles. The quantitative estimate of drug-likeness (QED) is 0.363. The number of hydrogen-bond acceptors (Lipinski definition) is 6. The zero-order valence-corrected chi connectivity index (χ0v) is 15.5. The second-order valence-electron chi connectivity index (χ2n) is 5.26. The van der Waals surface area contributed by atoms with Gasteiger partial charge in [0.15, 0.2) is 5.13 Å². The molecule has 0 bridgehead atoms. The molecule has 1 amide bonds. The first-order chi connectivity index (χ1) is 12.6. The third-order valence-corrected chi connectivity index (χ3v) is 5.12. The van der Waals surface area contributed by atoms with Crippen LogP contribution < -0.4 is 5.32 Å². The summed E-state index contributed by atoms with van der Waals surface area (Å²) in [4.78, 5) is 28.3. The van der Waals surface area contributed by atoms with Crippen LogP contribution >= 0.6 is 23.1 Å². The fraction of sp³-hybridized carbons (Fsp3) is 0.111. The van der Waals surface area contributed by atoms with Gasteiger partial charge in [-0.15, -0.1) is 23.1 Å². The Balaban J connectivity index is 1.76. The van der Waals surface area contributed by atoms with Crippen LogP contribution in [0.15, 0.2) is 58.8 Å². The minimum Gasteiger partial charge on any atom is -0.298 e. The molecule has 0 unspecified atom stereocenters. The van der Waals surface area contributed by atoms with E-state index < -0.39 is 4.92 Å². The zero-order valence-electron chi connectivity index (χ0n) is 13.8. The molecule has 3 rings (SSSR count). The molecule has 2 aromatic carbocycles. The van der Waals surface area contributed by atoms with Gasteiger partial charge in [-0.1, -0.05) is 25.1 Å². The van der Waals surface area contributed by atoms with Crippen molar-refractivity contribution in [2.24, 2.45) is 0 Å². The number of carbonyl (C=O) groups excluding carboxylic acids is 1. The van der Waals surface area contributed by atoms with Crippen molar-refractivity contribution in [3.63, 3.8) is 0 Å². The Labute approximate surface area is 158 Å². The van der Waals surface area contributed by atoms with Crippen molar-refractivity contribution in [1.29, 1.82) is 0 Å². The maximum absolute atomic E-state index is 12.4. The highest BCUT2D eigenvalue weighted by Crippen LogP contribution is 2.28. The lowest BCUT2D eigenvalue weighted by molar-refractivity contribution is -0.384. The largest absolute Gasteiger partial charge is 0.298 e. The van der Waals surface area contributed by atoms with E-state index in [4.69, 9.17) is 0 Å². The first-order valence-corrected chi connectivity index (χ1v) is 9.68. The van der Waals surface area contributed by atoms with E-state index in [2.05, 4.69) is 17.2 Å². The number of non-ortho nitro benzene ring substituents is 1. The smallest absolute Gasteiger partial charge is 0.270 e. The molecule has 132 valence electrons. The number of rotatable bonds is 6. The molecule has 1 aromatic heterocycles. The van der Waals surface area contributed by atoms with E-state index >= 15 is 0 Å². The summed E-state index contributed by atoms with van der Waals surface area (Å²) in [7, 11) is 0. The summed E-state index contributed by atoms with van der Waals surface area (Å²) in [5.41, 5.74) is 1.79. The Bertz CT molecular complexity index is 956. The molecule has 0 saturated heterocycles. The van der Waals surface area contributed by atoms with Gasteiger partial charge in [0.1, 0.15) is 0 Å². The standard InChI is InChI=1S/C18H15N3O3S2/c1-2-25-15-8-4-6-13(10-15)17(22)20-18-19-16(11-26-18)12-5-3-7-14(9-12)21(23)24/h3-11H,2H2,1H3,(H,19,20,22). The van der Waals surface area contributed by atoms with Gasteiger partial charge in [0.05, 0.1) is 10.6 Å². The van der Waals surface area contributed by atoms with Gasteiger partial charge in [0.2, 0.25) is 0 Å². The summed E-state index contributed by atoms with van der Waals surface area (Å²) >= 11 is 2.95. The highest BCUT2D eigenvalue weighted by Gasteiger charge is 2.12. The second-order valence-corrected chi connectivity index (χ2v) is 7.46. The highest BCUT2D eigenvalue weighted by molar-refractivity contribution is 7.99. The molecule has 0 aliphatic heterocycles. The topological polar surface area (TPSA) is 85.1 Å². The van der Waals surface area contributed by atoms with Gasteiger partial charge in [0, 0.05) is 33.5 Å². The molecule has 0 saturated carbocycles. The van der Waals surface area contributed by atoms with E-state index in [1.807, 2.05) is 18.2 Å². The number of thioether (sulfide) groups is 1. The molecule has 0 fully saturated rings. The Morgan fingerprint density at radius 3 is 2.85 bits per heavy atom. The first-order valence-electron chi connectivity index (χ1n) is 7.81. The fourth-order valence-corrected chi connectivity index (χ4v) is 3.74. The average Bonchev–Trinajstić information content (AvgIpc) is 3.11. The lowest BCUT2D eigenvalue weighted by Crippen LogP contribution is -2.11. The normalized spacial score (nSPS) is 10.5. The minimum absolute atomic E-state index is 0.00586. The summed E-state index contributed by atoms with van der Waals surface area (Å²) in [6.07, 6.45) is 0. The van der Waals surface area contributed by atoms with Gasteiger partial charge >= 0.3 is 0 Å². The number of nitrogens with zero attached hydrogens (tertiary/aromatic N) is 2. The number of hydrogen-bond donors (Lipinski definition) is 1. The van der Waals surface area contributed by atoms with Crippen molar-refractivity contribution < 1.29 is 9.72 Å². The first kappa shape index (κ1) is 18.1. The minimum atomic E-state index is -0.445. The van der Waals surface area contributed by atoms with Crippen LogP contribution in [-0.4, -0.2) is 21.6 Å². The monoisotopic (exact) mass is 385 g/mol. The summed E-state index contributed by atoms with van der Waals surface area (Å²) in [6, 6.07) is 13.7. The fourth-order valence-electron chi connectivity index (χ4n) is 2.31. The number of nitrogens with one attached hydrogen (secondary N) is 1. The Morgan fingerprint density at radius 2 is 2.08 bits per heavy atom. The van der Waals surface area contributed by atoms with Crippen molar-refractivity contribution in [3.8, 4) is 11.3 Å². The number of thiazole rings is 1. The molecular weight excluding hydrogens is 370 g/mol. The molecule has 0 radical (unpaired) electrons. The van der Waals surface area contributed by atoms with Gasteiger partial charge in [-0.25, -0.2) is 4.98 Å². The van der Waals surface area contributed by atoms with Crippen LogP contribution in [0.5, 0.6) is 0 Å². The maximum Gasteiger partial charge on any atom is 0.270 e. The van der Waals surface area contributed by atoms with Crippen molar-refractivity contribution in [1.82, 2.24) is 4.98 Å². The average molecular weight is 385 g/mol. The molecule has 1 N–H and O–H groups in total. The van der Waals surface area contributed by atoms with Crippen molar-refractivity contribution in [2.75, 3.05) is 11.1 Å². The number of nitro groups is 1. The molecular formula is C18H15N3O3S2. The van der Waals surface area contributed by atoms with Crippen LogP contribution in [-0.2, 0) is 0 Å². The number of aromatic nitrogens is 1. The Morgan fingerprint density at radius 1 is 1.27 bits per heavy atom. The number of amides is 1. The molecule has 6 nitrogen and oxygen atoms in total. The number of anilines is 1. The van der Waals surface area contributed by atoms with E-state index in [9.17, 15) is 14.9 Å². The third-order valence-electron chi connectivity index (χ3n) is 3.48. The van der Waals surface area contributed by atoms with Crippen LogP contribution in [0.1, 0.15) is 17.3 Å². The second kappa shape index (κ2) is 8.11. The summed E-state index contributed by atoms with van der Waals surface area (Å²) in [6.45, 7) is 2.06. The number of carbonyl (C=O) groups is 1. The van der Waals surface area contributed by atoms with E-state index in [1.54, 1.807) is 35.3 Å². The van der Waals surface area contributed by atoms with Gasteiger partial charge in [-0.2, -0.15) is 0 Å². The van der Waals surface area contributed by atoms with Crippen molar-refractivity contribution >= 4 is 39.8 Å². The predicted molar refractivity (Wildman–Crippen MR) is 105 cm³/mol. The van der Waals surface area contributed by atoms with Gasteiger partial charge < -0.3 is 0 Å². The van der Waals surface area contributed by atoms with Crippen molar-refractivity contribution in [3.05, 3.63) is 69.6 Å². The maximum atomic E-state index is 12.4. The Kier molecular flexibility index (Phi) is 5.65. The molecule has 0 spiro atoms. The van der Waals surface area contributed by atoms with Crippen LogP contribution in [0.2, 0.25) is 0 Å². The molecule has 26 heavy (non-hydrogen) atoms. The Hall–Kier alpha value is -2.71. The predicted octanol–water partition coefficient (Wildman–Crippen LogP) is 5.08. The van der Waals surface area contributed by atoms with E-state index in [0.717, 1.165) is 10.6 Å². The lowest BCUT2D eigenvalue weighted by atomic mass is 10.1. The SMILES string of the molecule is CCSc1cccc(C(=O)Nc2nc(-c3cccc([N+](=O)[O-])c3)cs2)c1. The lowest BCUT2D eigenvalue weighted by Gasteiger charge is -2.04. The van der Waals surface area contributed by atoms with Crippen molar-refractivity contribution in [2.45, 2.75) is 11.8 Å². The van der Waals surface area contributed by atoms with Crippen LogP contribution in [0.3, 0.4) is 0 Å². The van der Waals surface area contributed by atoms with Crippen LogP contribution in [0.4, 0.5) is 10.8 Å². The highest BCUT2D eigenvalue weighted by atomic mass is 32.2. The zero-order chi connectivity index (χ0) is 18.5. The molecule has 3 aromatic rings. The molecule has 0 aliphatic carbocycles. The van der Waals surface area contributed by atoms with Gasteiger partial charge in [-0.05, 0) is 24.0 Å². The van der Waals surface area contributed by atoms with Crippen LogP contribution in [0, 0.1) is 10.1 Å². The van der Waals surface area contributed by atoms with E-state index in [-0.39, 0.29) is 11.6 Å². The number of nitro benzene ring substituents is 1. The summed E-state index contributed by atoms with van der Waals surface area (Å²) < 4.78 is 0.